The van der Waals surface area contributed by atoms with Crippen molar-refractivity contribution in [3.8, 4) is 5.88 Å². The van der Waals surface area contributed by atoms with Gasteiger partial charge in [-0.2, -0.15) is 0 Å². The quantitative estimate of drug-likeness (QED) is 0.759. The van der Waals surface area contributed by atoms with Crippen molar-refractivity contribution < 1.29 is 9.53 Å². The minimum absolute atomic E-state index is 0.130. The van der Waals surface area contributed by atoms with Gasteiger partial charge in [-0.1, -0.05) is 11.6 Å². The van der Waals surface area contributed by atoms with Crippen LogP contribution >= 0.6 is 11.6 Å². The van der Waals surface area contributed by atoms with Crippen molar-refractivity contribution in [2.75, 3.05) is 6.61 Å². The van der Waals surface area contributed by atoms with E-state index >= 15 is 0 Å². The fourth-order valence-corrected chi connectivity index (χ4v) is 2.20. The average Bonchev–Trinajstić information content (AvgIpc) is 3.00. The van der Waals surface area contributed by atoms with Crippen molar-refractivity contribution in [3.63, 3.8) is 0 Å². The van der Waals surface area contributed by atoms with Crippen molar-refractivity contribution in [2.24, 2.45) is 5.92 Å². The summed E-state index contributed by atoms with van der Waals surface area (Å²) >= 11 is 5.90. The van der Waals surface area contributed by atoms with E-state index < -0.39 is 0 Å². The number of rotatable bonds is 3. The SMILES string of the molecule is O=C1CCc2cc(Cl)nc(OCC3CC3)c21. The Bertz CT molecular complexity index is 455. The second-order valence-electron chi connectivity index (χ2n) is 4.46. The minimum Gasteiger partial charge on any atom is -0.477 e. The van der Waals surface area contributed by atoms with Gasteiger partial charge in [-0.15, -0.1) is 0 Å². The summed E-state index contributed by atoms with van der Waals surface area (Å²) in [7, 11) is 0. The number of hydrogen-bond donors (Lipinski definition) is 0. The van der Waals surface area contributed by atoms with Crippen LogP contribution in [-0.2, 0) is 6.42 Å². The number of hydrogen-bond acceptors (Lipinski definition) is 3. The van der Waals surface area contributed by atoms with E-state index in [9.17, 15) is 4.79 Å². The number of ketones is 1. The van der Waals surface area contributed by atoms with E-state index in [1.807, 2.05) is 0 Å². The molecule has 3 rings (SSSR count). The summed E-state index contributed by atoms with van der Waals surface area (Å²) in [5.41, 5.74) is 1.64. The second kappa shape index (κ2) is 3.74. The van der Waals surface area contributed by atoms with Crippen molar-refractivity contribution in [1.82, 2.24) is 4.98 Å². The smallest absolute Gasteiger partial charge is 0.226 e. The third-order valence-electron chi connectivity index (χ3n) is 3.09. The molecule has 0 saturated heterocycles. The van der Waals surface area contributed by atoms with Gasteiger partial charge in [0.05, 0.1) is 12.2 Å². The van der Waals surface area contributed by atoms with E-state index in [1.165, 1.54) is 12.8 Å². The first kappa shape index (κ1) is 10.1. The molecule has 0 radical (unpaired) electrons. The maximum Gasteiger partial charge on any atom is 0.226 e. The van der Waals surface area contributed by atoms with Crippen molar-refractivity contribution in [3.05, 3.63) is 22.3 Å². The lowest BCUT2D eigenvalue weighted by Gasteiger charge is -2.08. The number of carbonyl (C=O) groups excluding carboxylic acids is 1. The molecule has 4 heteroatoms. The first-order valence-corrected chi connectivity index (χ1v) is 5.97. The molecule has 0 aromatic carbocycles. The number of ether oxygens (including phenoxy) is 1. The van der Waals surface area contributed by atoms with Crippen LogP contribution in [0.3, 0.4) is 0 Å². The van der Waals surface area contributed by atoms with Crippen molar-refractivity contribution in [1.29, 1.82) is 0 Å². The number of nitrogens with zero attached hydrogens (tertiary/aromatic N) is 1. The molecule has 16 heavy (non-hydrogen) atoms. The number of carbonyl (C=O) groups is 1. The molecule has 3 nitrogen and oxygen atoms in total. The molecule has 0 aliphatic heterocycles. The zero-order valence-corrected chi connectivity index (χ0v) is 9.59. The van der Waals surface area contributed by atoms with Gasteiger partial charge in [0, 0.05) is 6.42 Å². The van der Waals surface area contributed by atoms with E-state index in [-0.39, 0.29) is 5.78 Å². The molecular weight excluding hydrogens is 226 g/mol. The third kappa shape index (κ3) is 1.80. The van der Waals surface area contributed by atoms with Gasteiger partial charge in [0.1, 0.15) is 5.15 Å². The standard InChI is InChI=1S/C12H12ClNO2/c13-10-5-8-3-4-9(15)11(8)12(14-10)16-6-7-1-2-7/h5,7H,1-4,6H2. The van der Waals surface area contributed by atoms with E-state index in [1.54, 1.807) is 6.07 Å². The van der Waals surface area contributed by atoms with Gasteiger partial charge in [0.25, 0.3) is 0 Å². The Morgan fingerprint density at radius 3 is 3.00 bits per heavy atom. The first-order chi connectivity index (χ1) is 7.74. The maximum atomic E-state index is 11.7. The Balaban J connectivity index is 1.92. The van der Waals surface area contributed by atoms with Gasteiger partial charge < -0.3 is 4.74 Å². The van der Waals surface area contributed by atoms with Gasteiger partial charge >= 0.3 is 0 Å². The lowest BCUT2D eigenvalue weighted by Crippen LogP contribution is -2.06. The number of fused-ring (bicyclic) bond motifs is 1. The molecule has 0 spiro atoms. The molecule has 0 N–H and O–H groups in total. The Kier molecular flexibility index (Phi) is 2.36. The molecular formula is C12H12ClNO2. The highest BCUT2D eigenvalue weighted by Crippen LogP contribution is 2.34. The van der Waals surface area contributed by atoms with Crippen molar-refractivity contribution >= 4 is 17.4 Å². The van der Waals surface area contributed by atoms with Crippen LogP contribution in [-0.4, -0.2) is 17.4 Å². The molecule has 1 aromatic heterocycles. The number of aromatic nitrogens is 1. The average molecular weight is 238 g/mol. The Morgan fingerprint density at radius 2 is 2.25 bits per heavy atom. The molecule has 0 unspecified atom stereocenters. The van der Waals surface area contributed by atoms with E-state index in [2.05, 4.69) is 4.98 Å². The van der Waals surface area contributed by atoms with E-state index in [0.29, 0.717) is 35.5 Å². The molecule has 2 aliphatic rings. The molecule has 0 atom stereocenters. The summed E-state index contributed by atoms with van der Waals surface area (Å²) in [5, 5.41) is 0.416. The lowest BCUT2D eigenvalue weighted by molar-refractivity contribution is 0.0990. The second-order valence-corrected chi connectivity index (χ2v) is 4.85. The Labute approximate surface area is 98.8 Å². The molecule has 0 amide bonds. The highest BCUT2D eigenvalue weighted by atomic mass is 35.5. The highest BCUT2D eigenvalue weighted by molar-refractivity contribution is 6.29. The van der Waals surface area contributed by atoms with Gasteiger partial charge in [0.2, 0.25) is 5.88 Å². The third-order valence-corrected chi connectivity index (χ3v) is 3.28. The summed E-state index contributed by atoms with van der Waals surface area (Å²) in [6, 6.07) is 1.77. The molecule has 1 fully saturated rings. The van der Waals surface area contributed by atoms with Gasteiger partial charge in [-0.25, -0.2) is 4.98 Å². The molecule has 1 heterocycles. The largest absolute Gasteiger partial charge is 0.477 e. The molecule has 2 aliphatic carbocycles. The normalized spacial score (nSPS) is 18.7. The Morgan fingerprint density at radius 1 is 1.44 bits per heavy atom. The predicted octanol–water partition coefficient (Wildman–Crippen LogP) is 2.65. The van der Waals surface area contributed by atoms with Crippen LogP contribution in [0.1, 0.15) is 35.2 Å². The van der Waals surface area contributed by atoms with Crippen LogP contribution in [0.25, 0.3) is 0 Å². The zero-order chi connectivity index (χ0) is 11.1. The topological polar surface area (TPSA) is 39.2 Å². The van der Waals surface area contributed by atoms with Crippen LogP contribution in [0, 0.1) is 5.92 Å². The summed E-state index contributed by atoms with van der Waals surface area (Å²) < 4.78 is 5.61. The summed E-state index contributed by atoms with van der Waals surface area (Å²) in [4.78, 5) is 15.8. The molecule has 1 saturated carbocycles. The minimum atomic E-state index is 0.130. The fraction of sp³-hybridized carbons (Fsp3) is 0.500. The maximum absolute atomic E-state index is 11.7. The number of aryl methyl sites for hydroxylation is 1. The fourth-order valence-electron chi connectivity index (χ4n) is 1.99. The van der Waals surface area contributed by atoms with Crippen LogP contribution in [0.15, 0.2) is 6.07 Å². The van der Waals surface area contributed by atoms with E-state index in [0.717, 1.165) is 12.0 Å². The summed E-state index contributed by atoms with van der Waals surface area (Å²) in [6.45, 7) is 0.660. The molecule has 1 aromatic rings. The van der Waals surface area contributed by atoms with E-state index in [4.69, 9.17) is 16.3 Å². The van der Waals surface area contributed by atoms with Crippen LogP contribution in [0.4, 0.5) is 0 Å². The number of halogens is 1. The van der Waals surface area contributed by atoms with Crippen LogP contribution in [0.2, 0.25) is 5.15 Å². The van der Waals surface area contributed by atoms with Crippen LogP contribution in [0.5, 0.6) is 5.88 Å². The first-order valence-electron chi connectivity index (χ1n) is 5.59. The number of Topliss-reactive ketones (excluding diaryl/α,β-unsaturated/α-hetero) is 1. The van der Waals surface area contributed by atoms with Gasteiger partial charge in [-0.05, 0) is 36.8 Å². The van der Waals surface area contributed by atoms with Crippen LogP contribution < -0.4 is 4.74 Å². The monoisotopic (exact) mass is 237 g/mol. The predicted molar refractivity (Wildman–Crippen MR) is 60.1 cm³/mol. The van der Waals surface area contributed by atoms with Gasteiger partial charge in [-0.3, -0.25) is 4.79 Å². The van der Waals surface area contributed by atoms with Crippen molar-refractivity contribution in [2.45, 2.75) is 25.7 Å². The highest BCUT2D eigenvalue weighted by Gasteiger charge is 2.28. The molecule has 84 valence electrons. The number of pyridine rings is 1. The lowest BCUT2D eigenvalue weighted by atomic mass is 10.2. The summed E-state index contributed by atoms with van der Waals surface area (Å²) in [6.07, 6.45) is 3.75. The summed E-state index contributed by atoms with van der Waals surface area (Å²) in [5.74, 6) is 1.22. The Hall–Kier alpha value is -1.09. The van der Waals surface area contributed by atoms with Gasteiger partial charge in [0.15, 0.2) is 5.78 Å². The molecule has 0 bridgehead atoms. The zero-order valence-electron chi connectivity index (χ0n) is 8.83.